The summed E-state index contributed by atoms with van der Waals surface area (Å²) >= 11 is 0. The number of benzene rings is 23. The van der Waals surface area contributed by atoms with Gasteiger partial charge in [0, 0.05) is 16.2 Å². The Morgan fingerprint density at radius 2 is 0.323 bits per heavy atom. The van der Waals surface area contributed by atoms with Crippen molar-refractivity contribution in [2.24, 2.45) is 0 Å². The predicted molar refractivity (Wildman–Crippen MR) is 545 cm³/mol. The van der Waals surface area contributed by atoms with Crippen molar-refractivity contribution in [2.75, 3.05) is 0 Å². The Labute approximate surface area is 741 Å². The lowest BCUT2D eigenvalue weighted by Gasteiger charge is -2.24. The molecule has 23 aromatic rings. The molecule has 3 aliphatic carbocycles. The Morgan fingerprint density at radius 3 is 0.638 bits per heavy atom. The first-order valence-corrected chi connectivity index (χ1v) is 44.9. The van der Waals surface area contributed by atoms with Crippen LogP contribution in [0.3, 0.4) is 0 Å². The van der Waals surface area contributed by atoms with E-state index in [0.29, 0.717) is 0 Å². The van der Waals surface area contributed by atoms with Gasteiger partial charge >= 0.3 is 0 Å². The molecule has 598 valence electrons. The van der Waals surface area contributed by atoms with E-state index in [9.17, 15) is 0 Å². The van der Waals surface area contributed by atoms with Crippen molar-refractivity contribution < 1.29 is 0 Å². The van der Waals surface area contributed by atoms with Crippen LogP contribution in [0.4, 0.5) is 0 Å². The van der Waals surface area contributed by atoms with Crippen LogP contribution in [0.15, 0.2) is 437 Å². The highest BCUT2D eigenvalue weighted by Gasteiger charge is 2.41. The largest absolute Gasteiger partial charge is 0.0622 e. The zero-order chi connectivity index (χ0) is 85.0. The van der Waals surface area contributed by atoms with E-state index >= 15 is 0 Å². The van der Waals surface area contributed by atoms with Crippen molar-refractivity contribution in [1.82, 2.24) is 0 Å². The lowest BCUT2D eigenvalue weighted by molar-refractivity contribution is 0.661. The molecule has 0 saturated heterocycles. The van der Waals surface area contributed by atoms with Gasteiger partial charge in [0.25, 0.3) is 0 Å². The molecule has 0 bridgehead atoms. The van der Waals surface area contributed by atoms with Crippen LogP contribution in [-0.2, 0) is 16.2 Å². The number of hydrogen-bond donors (Lipinski definition) is 0. The molecule has 0 radical (unpaired) electrons. The van der Waals surface area contributed by atoms with Gasteiger partial charge in [-0.2, -0.15) is 0 Å². The number of fused-ring (bicyclic) bond motifs is 22. The third-order valence-corrected chi connectivity index (χ3v) is 28.7. The molecule has 0 unspecified atom stereocenters. The normalized spacial score (nSPS) is 13.5. The minimum Gasteiger partial charge on any atom is -0.0622 e. The predicted octanol–water partition coefficient (Wildman–Crippen LogP) is 35.2. The van der Waals surface area contributed by atoms with Gasteiger partial charge in [0.15, 0.2) is 0 Å². The average Bonchev–Trinajstić information content (AvgIpc) is 1.48. The summed E-state index contributed by atoms with van der Waals surface area (Å²) in [6, 6.07) is 162. The van der Waals surface area contributed by atoms with Crippen LogP contribution in [-0.4, -0.2) is 0 Å². The second kappa shape index (κ2) is 29.4. The van der Waals surface area contributed by atoms with Crippen molar-refractivity contribution in [1.29, 1.82) is 0 Å². The molecule has 0 spiro atoms. The third kappa shape index (κ3) is 11.7. The van der Waals surface area contributed by atoms with Crippen LogP contribution >= 0.6 is 0 Å². The highest BCUT2D eigenvalue weighted by Crippen LogP contribution is 2.60. The van der Waals surface area contributed by atoms with Crippen LogP contribution in [0.25, 0.3) is 219 Å². The molecule has 0 saturated carbocycles. The highest BCUT2D eigenvalue weighted by atomic mass is 14.4. The monoisotopic (exact) mass is 1610 g/mol. The molecule has 0 atom stereocenters. The van der Waals surface area contributed by atoms with Crippen molar-refractivity contribution >= 4 is 108 Å². The molecule has 0 heterocycles. The fourth-order valence-electron chi connectivity index (χ4n) is 22.9. The zero-order valence-corrected chi connectivity index (χ0v) is 72.1. The highest BCUT2D eigenvalue weighted by molar-refractivity contribution is 6.29. The Kier molecular flexibility index (Phi) is 17.5. The molecule has 0 amide bonds. The average molecular weight is 1620 g/mol. The summed E-state index contributed by atoms with van der Waals surface area (Å²) in [6.07, 6.45) is 0. The molecule has 0 N–H and O–H groups in total. The van der Waals surface area contributed by atoms with Gasteiger partial charge in [0.05, 0.1) is 0 Å². The van der Waals surface area contributed by atoms with Crippen LogP contribution in [0.1, 0.15) is 74.9 Å². The van der Waals surface area contributed by atoms with Gasteiger partial charge in [0.2, 0.25) is 0 Å². The standard InChI is InChI=1S/C45H32.C43H30.C39H28/c1-45(2)40-23-13-12-22-38(40)44-33-17-7-6-16-32(33)39(28-41(44)45)43-36-20-10-8-18-34(36)42(35-19-9-11-21-37(35)43)31-26-24-30(25-27-31)29-14-4-3-5-15-29;1-43(2)38-22-12-11-21-36(38)42-31-16-6-5-15-30(31)37(26-39(42)43)41-34-19-9-7-17-32(34)40(33-18-8-10-20-35(33)41)29-24-23-27-13-3-4-14-28(27)25-29;1-39(2)34-23-13-12-22-32(34)38-27-17-7-6-16-26(27)33(24-35(38)39)37-30-20-10-8-18-28(30)36(25-14-4-3-5-15-25)29-19-9-11-21-31(29)37/h3-28H,1-2H3;3-26H,1-2H3;3-24H,1-2H3. The number of hydrogen-bond acceptors (Lipinski definition) is 0. The van der Waals surface area contributed by atoms with Crippen molar-refractivity contribution in [3.8, 4) is 111 Å². The van der Waals surface area contributed by atoms with Crippen LogP contribution in [0, 0.1) is 0 Å². The molecule has 0 heteroatoms. The van der Waals surface area contributed by atoms with E-state index in [0.717, 1.165) is 0 Å². The van der Waals surface area contributed by atoms with Crippen LogP contribution < -0.4 is 0 Å². The maximum atomic E-state index is 2.52. The molecule has 26 rings (SSSR count). The van der Waals surface area contributed by atoms with Crippen molar-refractivity contribution in [2.45, 2.75) is 57.8 Å². The van der Waals surface area contributed by atoms with E-state index in [1.165, 1.54) is 252 Å². The molecule has 127 heavy (non-hydrogen) atoms. The van der Waals surface area contributed by atoms with Gasteiger partial charge < -0.3 is 0 Å². The molecule has 0 nitrogen and oxygen atoms in total. The summed E-state index contributed by atoms with van der Waals surface area (Å²) in [5.41, 5.74) is 34.5. The van der Waals surface area contributed by atoms with E-state index in [2.05, 4.69) is 478 Å². The minimum absolute atomic E-state index is 0.0692. The van der Waals surface area contributed by atoms with E-state index in [-0.39, 0.29) is 16.2 Å². The van der Waals surface area contributed by atoms with Gasteiger partial charge in [-0.15, -0.1) is 0 Å². The molecule has 0 aliphatic heterocycles. The molecule has 0 aromatic heterocycles. The Hall–Kier alpha value is -15.3. The van der Waals surface area contributed by atoms with Crippen LogP contribution in [0.2, 0.25) is 0 Å². The molecular formula is C127H90. The Morgan fingerprint density at radius 1 is 0.118 bits per heavy atom. The summed E-state index contributed by atoms with van der Waals surface area (Å²) in [5, 5.41) is 26.0. The van der Waals surface area contributed by atoms with Gasteiger partial charge in [0.1, 0.15) is 0 Å². The lowest BCUT2D eigenvalue weighted by atomic mass is 9.79. The first-order valence-electron chi connectivity index (χ1n) is 44.9. The van der Waals surface area contributed by atoms with E-state index in [1.807, 2.05) is 0 Å². The Balaban J connectivity index is 0.000000107. The summed E-state index contributed by atoms with van der Waals surface area (Å²) in [4.78, 5) is 0. The van der Waals surface area contributed by atoms with Gasteiger partial charge in [-0.1, -0.05) is 454 Å². The van der Waals surface area contributed by atoms with Crippen LogP contribution in [0.5, 0.6) is 0 Å². The van der Waals surface area contributed by atoms with Gasteiger partial charge in [-0.05, 0) is 277 Å². The summed E-state index contributed by atoms with van der Waals surface area (Å²) in [5.74, 6) is 0. The second-order valence-electron chi connectivity index (χ2n) is 36.6. The summed E-state index contributed by atoms with van der Waals surface area (Å²) < 4.78 is 0. The van der Waals surface area contributed by atoms with E-state index < -0.39 is 0 Å². The minimum atomic E-state index is -0.0866. The quantitative estimate of drug-likeness (QED) is 0.140. The molecule has 23 aromatic carbocycles. The molecule has 0 fully saturated rings. The third-order valence-electron chi connectivity index (χ3n) is 28.7. The second-order valence-corrected chi connectivity index (χ2v) is 36.6. The first-order chi connectivity index (χ1) is 62.4. The fraction of sp³-hybridized carbons (Fsp3) is 0.0709. The van der Waals surface area contributed by atoms with Gasteiger partial charge in [-0.3, -0.25) is 0 Å². The summed E-state index contributed by atoms with van der Waals surface area (Å²) in [7, 11) is 0. The Bertz CT molecular complexity index is 8330. The number of rotatable bonds is 7. The topological polar surface area (TPSA) is 0 Å². The SMILES string of the molecule is CC1(C)c2ccccc2-c2c1cc(-c1c3ccccc3c(-c3ccc(-c4ccccc4)cc3)c3ccccc13)c1ccccc21.CC1(C)c2ccccc2-c2c1cc(-c1c3ccccc3c(-c3ccc4ccccc4c3)c3ccccc13)c1ccccc21.CC1(C)c2ccccc2-c2c1cc(-c1c3ccccc3c(-c3ccccc3)c3ccccc13)c1ccccc21. The maximum absolute atomic E-state index is 2.52. The van der Waals surface area contributed by atoms with Gasteiger partial charge in [-0.25, -0.2) is 0 Å². The maximum Gasteiger partial charge on any atom is 0.0159 e. The molecule has 3 aliphatic rings. The van der Waals surface area contributed by atoms with Crippen molar-refractivity contribution in [3.05, 3.63) is 470 Å². The van der Waals surface area contributed by atoms with Crippen molar-refractivity contribution in [3.63, 3.8) is 0 Å². The zero-order valence-electron chi connectivity index (χ0n) is 72.1. The smallest absolute Gasteiger partial charge is 0.0159 e. The van der Waals surface area contributed by atoms with E-state index in [4.69, 9.17) is 0 Å². The lowest BCUT2D eigenvalue weighted by Crippen LogP contribution is -2.15. The summed E-state index contributed by atoms with van der Waals surface area (Å²) in [6.45, 7) is 14.3. The molecular weight excluding hydrogens is 1530 g/mol. The fourth-order valence-corrected chi connectivity index (χ4v) is 22.9. The van der Waals surface area contributed by atoms with E-state index in [1.54, 1.807) is 0 Å². The first kappa shape index (κ1) is 75.4.